The van der Waals surface area contributed by atoms with Gasteiger partial charge in [-0.2, -0.15) is 0 Å². The third-order valence-electron chi connectivity index (χ3n) is 5.49. The molecule has 2 atom stereocenters. The van der Waals surface area contributed by atoms with Gasteiger partial charge in [0.2, 0.25) is 5.91 Å². The van der Waals surface area contributed by atoms with Crippen LogP contribution in [-0.2, 0) is 23.9 Å². The normalized spacial score (nSPS) is 18.6. The highest BCUT2D eigenvalue weighted by Gasteiger charge is 2.43. The second-order valence-corrected chi connectivity index (χ2v) is 9.36. The molecule has 2 N–H and O–H groups in total. The van der Waals surface area contributed by atoms with Gasteiger partial charge in [-0.05, 0) is 47.1 Å². The standard InChI is InChI=1S/C25H34N2O5/c1-16-13-19(18-11-9-8-10-12-18)21(22(29)31-7)17(2)27(16)23(30)25(6,15-26)14-20(28)32-24(3,4)5/h8-13,19H,14-15,26H2,1-7H3. The van der Waals surface area contributed by atoms with E-state index >= 15 is 0 Å². The van der Waals surface area contributed by atoms with Gasteiger partial charge in [0, 0.05) is 23.9 Å². The first kappa shape index (κ1) is 25.3. The van der Waals surface area contributed by atoms with Crippen LogP contribution in [0.2, 0.25) is 0 Å². The smallest absolute Gasteiger partial charge is 0.336 e. The van der Waals surface area contributed by atoms with Gasteiger partial charge in [0.15, 0.2) is 0 Å². The molecule has 7 heteroatoms. The number of hydrogen-bond acceptors (Lipinski definition) is 6. The van der Waals surface area contributed by atoms with E-state index in [9.17, 15) is 14.4 Å². The zero-order chi connectivity index (χ0) is 24.3. The summed E-state index contributed by atoms with van der Waals surface area (Å²) in [5.41, 5.74) is 6.48. The Morgan fingerprint density at radius 1 is 1.06 bits per heavy atom. The maximum Gasteiger partial charge on any atom is 0.336 e. The predicted molar refractivity (Wildman–Crippen MR) is 122 cm³/mol. The van der Waals surface area contributed by atoms with Crippen LogP contribution in [0, 0.1) is 5.41 Å². The zero-order valence-electron chi connectivity index (χ0n) is 20.0. The van der Waals surface area contributed by atoms with E-state index in [2.05, 4.69) is 0 Å². The lowest BCUT2D eigenvalue weighted by atomic mass is 9.82. The summed E-state index contributed by atoms with van der Waals surface area (Å²) >= 11 is 0. The Hall–Kier alpha value is -2.93. The maximum atomic E-state index is 13.7. The summed E-state index contributed by atoms with van der Waals surface area (Å²) in [7, 11) is 1.31. The van der Waals surface area contributed by atoms with Gasteiger partial charge in [0.1, 0.15) is 5.60 Å². The minimum atomic E-state index is -1.21. The molecule has 0 bridgehead atoms. The van der Waals surface area contributed by atoms with Crippen LogP contribution < -0.4 is 5.73 Å². The van der Waals surface area contributed by atoms with Gasteiger partial charge in [-0.25, -0.2) is 4.79 Å². The predicted octanol–water partition coefficient (Wildman–Crippen LogP) is 3.66. The number of benzene rings is 1. The highest BCUT2D eigenvalue weighted by Crippen LogP contribution is 2.39. The van der Waals surface area contributed by atoms with E-state index in [1.807, 2.05) is 36.4 Å². The van der Waals surface area contributed by atoms with Crippen LogP contribution >= 0.6 is 0 Å². The van der Waals surface area contributed by atoms with Crippen molar-refractivity contribution in [1.82, 2.24) is 4.90 Å². The molecule has 0 saturated carbocycles. The van der Waals surface area contributed by atoms with Crippen molar-refractivity contribution in [3.8, 4) is 0 Å². The van der Waals surface area contributed by atoms with Crippen molar-refractivity contribution in [3.05, 3.63) is 58.9 Å². The minimum absolute atomic E-state index is 0.0577. The summed E-state index contributed by atoms with van der Waals surface area (Å²) in [6.45, 7) is 10.4. The fraction of sp³-hybridized carbons (Fsp3) is 0.480. The first-order valence-corrected chi connectivity index (χ1v) is 10.6. The lowest BCUT2D eigenvalue weighted by molar-refractivity contribution is -0.160. The summed E-state index contributed by atoms with van der Waals surface area (Å²) < 4.78 is 10.5. The Morgan fingerprint density at radius 3 is 2.16 bits per heavy atom. The number of hydrogen-bond donors (Lipinski definition) is 1. The van der Waals surface area contributed by atoms with Crippen molar-refractivity contribution in [2.45, 2.75) is 59.5 Å². The van der Waals surface area contributed by atoms with E-state index in [1.54, 1.807) is 41.5 Å². The number of allylic oxidation sites excluding steroid dienone is 3. The second kappa shape index (κ2) is 9.69. The van der Waals surface area contributed by atoms with Gasteiger partial charge in [-0.15, -0.1) is 0 Å². The molecule has 7 nitrogen and oxygen atoms in total. The fourth-order valence-electron chi connectivity index (χ4n) is 3.83. The molecule has 0 radical (unpaired) electrons. The molecule has 0 saturated heterocycles. The van der Waals surface area contributed by atoms with Crippen molar-refractivity contribution in [1.29, 1.82) is 0 Å². The maximum absolute atomic E-state index is 13.7. The molecule has 2 rings (SSSR count). The number of carbonyl (C=O) groups is 3. The molecule has 0 aliphatic carbocycles. The number of ether oxygens (including phenoxy) is 2. The summed E-state index contributed by atoms with van der Waals surface area (Å²) in [5.74, 6) is -1.75. The lowest BCUT2D eigenvalue weighted by Gasteiger charge is -2.38. The summed E-state index contributed by atoms with van der Waals surface area (Å²) in [6.07, 6.45) is 1.68. The van der Waals surface area contributed by atoms with Crippen LogP contribution in [0.4, 0.5) is 0 Å². The second-order valence-electron chi connectivity index (χ2n) is 9.36. The molecule has 174 valence electrons. The van der Waals surface area contributed by atoms with Crippen molar-refractivity contribution in [2.24, 2.45) is 11.1 Å². The molecule has 1 aliphatic heterocycles. The number of methoxy groups -OCH3 is 1. The van der Waals surface area contributed by atoms with Crippen LogP contribution in [0.15, 0.2) is 53.4 Å². The van der Waals surface area contributed by atoms with Crippen molar-refractivity contribution in [2.75, 3.05) is 13.7 Å². The number of amides is 1. The van der Waals surface area contributed by atoms with Gasteiger partial charge in [-0.1, -0.05) is 36.4 Å². The Kier molecular flexibility index (Phi) is 7.67. The van der Waals surface area contributed by atoms with Crippen molar-refractivity contribution < 1.29 is 23.9 Å². The first-order valence-electron chi connectivity index (χ1n) is 10.6. The lowest BCUT2D eigenvalue weighted by Crippen LogP contribution is -2.48. The third-order valence-corrected chi connectivity index (χ3v) is 5.49. The van der Waals surface area contributed by atoms with Crippen LogP contribution in [0.3, 0.4) is 0 Å². The molecular weight excluding hydrogens is 408 g/mol. The molecule has 2 unspecified atom stereocenters. The van der Waals surface area contributed by atoms with E-state index in [4.69, 9.17) is 15.2 Å². The highest BCUT2D eigenvalue weighted by molar-refractivity contribution is 5.96. The number of nitrogens with zero attached hydrogens (tertiary/aromatic N) is 1. The zero-order valence-corrected chi connectivity index (χ0v) is 20.0. The number of esters is 2. The van der Waals surface area contributed by atoms with E-state index in [0.29, 0.717) is 17.0 Å². The molecule has 1 aromatic rings. The average Bonchev–Trinajstić information content (AvgIpc) is 2.71. The van der Waals surface area contributed by atoms with Crippen LogP contribution in [0.25, 0.3) is 0 Å². The van der Waals surface area contributed by atoms with Gasteiger partial charge < -0.3 is 15.2 Å². The number of rotatable bonds is 6. The molecule has 1 aromatic carbocycles. The van der Waals surface area contributed by atoms with E-state index < -0.39 is 23.0 Å². The Labute approximate surface area is 190 Å². The molecule has 32 heavy (non-hydrogen) atoms. The van der Waals surface area contributed by atoms with Gasteiger partial charge in [0.05, 0.1) is 24.5 Å². The summed E-state index contributed by atoms with van der Waals surface area (Å²) in [4.78, 5) is 40.4. The Morgan fingerprint density at radius 2 is 1.66 bits per heavy atom. The monoisotopic (exact) mass is 442 g/mol. The quantitative estimate of drug-likeness (QED) is 0.675. The SMILES string of the molecule is COC(=O)C1=C(C)N(C(=O)C(C)(CN)CC(=O)OC(C)(C)C)C(C)=CC1c1ccccc1. The van der Waals surface area contributed by atoms with Crippen LogP contribution in [0.5, 0.6) is 0 Å². The highest BCUT2D eigenvalue weighted by atomic mass is 16.6. The summed E-state index contributed by atoms with van der Waals surface area (Å²) in [6, 6.07) is 9.54. The minimum Gasteiger partial charge on any atom is -0.466 e. The van der Waals surface area contributed by atoms with Gasteiger partial charge in [-0.3, -0.25) is 14.5 Å². The van der Waals surface area contributed by atoms with Crippen molar-refractivity contribution >= 4 is 17.8 Å². The van der Waals surface area contributed by atoms with E-state index in [0.717, 1.165) is 5.56 Å². The van der Waals surface area contributed by atoms with Crippen molar-refractivity contribution in [3.63, 3.8) is 0 Å². The van der Waals surface area contributed by atoms with Gasteiger partial charge >= 0.3 is 11.9 Å². The molecule has 0 fully saturated rings. The van der Waals surface area contributed by atoms with E-state index in [-0.39, 0.29) is 24.8 Å². The summed E-state index contributed by atoms with van der Waals surface area (Å²) in [5, 5.41) is 0. The average molecular weight is 443 g/mol. The fourth-order valence-corrected chi connectivity index (χ4v) is 3.83. The van der Waals surface area contributed by atoms with Crippen LogP contribution in [0.1, 0.15) is 59.4 Å². The molecular formula is C25H34N2O5. The Bertz CT molecular complexity index is 943. The third kappa shape index (κ3) is 5.46. The molecule has 0 aromatic heterocycles. The Balaban J connectivity index is 2.49. The molecule has 1 heterocycles. The number of carbonyl (C=O) groups excluding carboxylic acids is 3. The van der Waals surface area contributed by atoms with E-state index in [1.165, 1.54) is 12.0 Å². The molecule has 1 amide bonds. The van der Waals surface area contributed by atoms with Gasteiger partial charge in [0.25, 0.3) is 0 Å². The topological polar surface area (TPSA) is 98.9 Å². The van der Waals surface area contributed by atoms with Crippen LogP contribution in [-0.4, -0.2) is 42.0 Å². The largest absolute Gasteiger partial charge is 0.466 e. The first-order chi connectivity index (χ1) is 14.8. The molecule has 1 aliphatic rings. The molecule has 0 spiro atoms. The number of nitrogens with two attached hydrogens (primary N) is 1.